The standard InChI is InChI=1S/C18H15FN2O5/c1-3-16(22)21(4-2)17(23)11-8-9-14(12(19)10-11)26-15-7-5-6-13(20-15)18(24)25/h3,5-10H,1,4H2,2H3,(H,24,25). The molecule has 7 nitrogen and oxygen atoms in total. The Labute approximate surface area is 148 Å². The van der Waals surface area contributed by atoms with E-state index in [1.807, 2.05) is 0 Å². The number of imide groups is 1. The van der Waals surface area contributed by atoms with Gasteiger partial charge in [-0.3, -0.25) is 14.5 Å². The zero-order valence-electron chi connectivity index (χ0n) is 13.8. The molecule has 0 radical (unpaired) electrons. The van der Waals surface area contributed by atoms with E-state index >= 15 is 0 Å². The lowest BCUT2D eigenvalue weighted by Gasteiger charge is -2.17. The van der Waals surface area contributed by atoms with Crippen LogP contribution in [0.15, 0.2) is 49.1 Å². The summed E-state index contributed by atoms with van der Waals surface area (Å²) in [6.45, 7) is 5.03. The first-order valence-electron chi connectivity index (χ1n) is 7.53. The van der Waals surface area contributed by atoms with Gasteiger partial charge < -0.3 is 9.84 Å². The Kier molecular flexibility index (Phi) is 5.79. The second kappa shape index (κ2) is 8.02. The van der Waals surface area contributed by atoms with Crippen molar-refractivity contribution in [2.24, 2.45) is 0 Å². The average Bonchev–Trinajstić information content (AvgIpc) is 2.63. The van der Waals surface area contributed by atoms with Crippen LogP contribution in [0.5, 0.6) is 11.6 Å². The third-order valence-corrected chi connectivity index (χ3v) is 3.34. The number of amides is 2. The van der Waals surface area contributed by atoms with Crippen LogP contribution in [0.1, 0.15) is 27.8 Å². The summed E-state index contributed by atoms with van der Waals surface area (Å²) in [5, 5.41) is 8.90. The lowest BCUT2D eigenvalue weighted by Crippen LogP contribution is -2.35. The summed E-state index contributed by atoms with van der Waals surface area (Å²) >= 11 is 0. The van der Waals surface area contributed by atoms with Crippen LogP contribution in [-0.2, 0) is 4.79 Å². The molecule has 0 saturated carbocycles. The van der Waals surface area contributed by atoms with Crippen molar-refractivity contribution in [3.8, 4) is 11.6 Å². The van der Waals surface area contributed by atoms with Gasteiger partial charge in [-0.15, -0.1) is 0 Å². The van der Waals surface area contributed by atoms with E-state index < -0.39 is 23.6 Å². The Morgan fingerprint density at radius 2 is 2.04 bits per heavy atom. The number of nitrogens with zero attached hydrogens (tertiary/aromatic N) is 2. The van der Waals surface area contributed by atoms with Gasteiger partial charge in [0, 0.05) is 18.2 Å². The monoisotopic (exact) mass is 358 g/mol. The number of aromatic nitrogens is 1. The van der Waals surface area contributed by atoms with Crippen LogP contribution < -0.4 is 4.74 Å². The van der Waals surface area contributed by atoms with Crippen molar-refractivity contribution in [1.82, 2.24) is 9.88 Å². The number of carboxylic acid groups (broad SMARTS) is 1. The first kappa shape index (κ1) is 18.8. The van der Waals surface area contributed by atoms with Crippen LogP contribution in [0.4, 0.5) is 4.39 Å². The van der Waals surface area contributed by atoms with E-state index in [-0.39, 0.29) is 29.4 Å². The van der Waals surface area contributed by atoms with Crippen molar-refractivity contribution in [2.45, 2.75) is 6.92 Å². The van der Waals surface area contributed by atoms with Crippen LogP contribution in [0, 0.1) is 5.82 Å². The van der Waals surface area contributed by atoms with Crippen molar-refractivity contribution in [1.29, 1.82) is 0 Å². The Morgan fingerprint density at radius 1 is 1.31 bits per heavy atom. The smallest absolute Gasteiger partial charge is 0.354 e. The number of rotatable bonds is 6. The fourth-order valence-electron chi connectivity index (χ4n) is 2.09. The van der Waals surface area contributed by atoms with Crippen LogP contribution >= 0.6 is 0 Å². The number of ether oxygens (including phenoxy) is 1. The molecule has 2 amide bonds. The van der Waals surface area contributed by atoms with Crippen molar-refractivity contribution in [3.05, 3.63) is 66.1 Å². The van der Waals surface area contributed by atoms with E-state index in [9.17, 15) is 18.8 Å². The summed E-state index contributed by atoms with van der Waals surface area (Å²) in [6, 6.07) is 7.46. The molecule has 8 heteroatoms. The summed E-state index contributed by atoms with van der Waals surface area (Å²) < 4.78 is 19.5. The maximum Gasteiger partial charge on any atom is 0.354 e. The van der Waals surface area contributed by atoms with Gasteiger partial charge in [0.25, 0.3) is 11.8 Å². The zero-order valence-corrected chi connectivity index (χ0v) is 13.8. The molecule has 1 aromatic heterocycles. The number of carboxylic acids is 1. The fourth-order valence-corrected chi connectivity index (χ4v) is 2.09. The molecule has 0 fully saturated rings. The first-order valence-corrected chi connectivity index (χ1v) is 7.53. The third kappa shape index (κ3) is 4.10. The molecule has 0 aliphatic heterocycles. The highest BCUT2D eigenvalue weighted by Gasteiger charge is 2.20. The zero-order chi connectivity index (χ0) is 19.3. The highest BCUT2D eigenvalue weighted by molar-refractivity contribution is 6.07. The minimum Gasteiger partial charge on any atom is -0.477 e. The van der Waals surface area contributed by atoms with E-state index in [1.54, 1.807) is 6.92 Å². The summed E-state index contributed by atoms with van der Waals surface area (Å²) in [5.74, 6) is -3.72. The normalized spacial score (nSPS) is 10.1. The van der Waals surface area contributed by atoms with Crippen molar-refractivity contribution < 1.29 is 28.6 Å². The SMILES string of the molecule is C=CC(=O)N(CC)C(=O)c1ccc(Oc2cccc(C(=O)O)n2)c(F)c1. The fraction of sp³-hybridized carbons (Fsp3) is 0.111. The molecular formula is C18H15FN2O5. The third-order valence-electron chi connectivity index (χ3n) is 3.34. The number of aromatic carboxylic acids is 1. The molecule has 0 unspecified atom stereocenters. The van der Waals surface area contributed by atoms with E-state index in [1.165, 1.54) is 30.3 Å². The largest absolute Gasteiger partial charge is 0.477 e. The Balaban J connectivity index is 2.25. The maximum atomic E-state index is 14.3. The molecule has 1 heterocycles. The van der Waals surface area contributed by atoms with Gasteiger partial charge in [0.05, 0.1) is 0 Å². The highest BCUT2D eigenvalue weighted by atomic mass is 19.1. The van der Waals surface area contributed by atoms with Gasteiger partial charge in [-0.2, -0.15) is 0 Å². The van der Waals surface area contributed by atoms with Gasteiger partial charge in [0.1, 0.15) is 0 Å². The minimum absolute atomic E-state index is 0.0425. The number of halogens is 1. The Morgan fingerprint density at radius 3 is 2.62 bits per heavy atom. The van der Waals surface area contributed by atoms with Crippen LogP contribution in [0.2, 0.25) is 0 Å². The van der Waals surface area contributed by atoms with Crippen molar-refractivity contribution in [2.75, 3.05) is 6.54 Å². The van der Waals surface area contributed by atoms with E-state index in [0.29, 0.717) is 0 Å². The van der Waals surface area contributed by atoms with E-state index in [0.717, 1.165) is 17.0 Å². The highest BCUT2D eigenvalue weighted by Crippen LogP contribution is 2.24. The number of carbonyl (C=O) groups is 3. The molecule has 0 atom stereocenters. The second-order valence-corrected chi connectivity index (χ2v) is 5.01. The minimum atomic E-state index is -1.25. The van der Waals surface area contributed by atoms with Crippen LogP contribution in [0.3, 0.4) is 0 Å². The summed E-state index contributed by atoms with van der Waals surface area (Å²) in [7, 11) is 0. The first-order chi connectivity index (χ1) is 12.4. The Bertz CT molecular complexity index is 882. The van der Waals surface area contributed by atoms with Crippen molar-refractivity contribution in [3.63, 3.8) is 0 Å². The Hall–Kier alpha value is -3.55. The van der Waals surface area contributed by atoms with E-state index in [4.69, 9.17) is 9.84 Å². The molecule has 1 N–H and O–H groups in total. The van der Waals surface area contributed by atoms with Crippen LogP contribution in [0.25, 0.3) is 0 Å². The quantitative estimate of drug-likeness (QED) is 0.798. The number of likely N-dealkylation sites (N-methyl/N-ethyl adjacent to an activating group) is 1. The molecule has 0 aliphatic carbocycles. The van der Waals surface area contributed by atoms with Gasteiger partial charge in [-0.25, -0.2) is 14.2 Å². The molecule has 0 aliphatic rings. The average molecular weight is 358 g/mol. The lowest BCUT2D eigenvalue weighted by molar-refractivity contribution is -0.123. The van der Waals surface area contributed by atoms with Crippen molar-refractivity contribution >= 4 is 17.8 Å². The molecule has 0 spiro atoms. The van der Waals surface area contributed by atoms with E-state index in [2.05, 4.69) is 11.6 Å². The molecule has 2 aromatic rings. The molecule has 1 aromatic carbocycles. The molecule has 134 valence electrons. The summed E-state index contributed by atoms with van der Waals surface area (Å²) in [4.78, 5) is 39.5. The van der Waals surface area contributed by atoms with Gasteiger partial charge in [0.2, 0.25) is 5.88 Å². The number of hydrogen-bond acceptors (Lipinski definition) is 5. The predicted molar refractivity (Wildman–Crippen MR) is 89.6 cm³/mol. The number of hydrogen-bond donors (Lipinski definition) is 1. The molecule has 0 bridgehead atoms. The number of benzene rings is 1. The lowest BCUT2D eigenvalue weighted by atomic mass is 10.1. The van der Waals surface area contributed by atoms with Gasteiger partial charge in [0.15, 0.2) is 17.3 Å². The summed E-state index contributed by atoms with van der Waals surface area (Å²) in [5.41, 5.74) is -0.296. The molecule has 2 rings (SSSR count). The maximum absolute atomic E-state index is 14.3. The molecular weight excluding hydrogens is 343 g/mol. The number of carbonyl (C=O) groups excluding carboxylic acids is 2. The second-order valence-electron chi connectivity index (χ2n) is 5.01. The summed E-state index contributed by atoms with van der Waals surface area (Å²) in [6.07, 6.45) is 0.996. The van der Waals surface area contributed by atoms with Gasteiger partial charge in [-0.05, 0) is 37.3 Å². The van der Waals surface area contributed by atoms with Gasteiger partial charge in [-0.1, -0.05) is 12.6 Å². The van der Waals surface area contributed by atoms with Crippen LogP contribution in [-0.4, -0.2) is 39.3 Å². The molecule has 0 saturated heterocycles. The molecule has 26 heavy (non-hydrogen) atoms. The van der Waals surface area contributed by atoms with Gasteiger partial charge >= 0.3 is 5.97 Å². The number of pyridine rings is 1. The topological polar surface area (TPSA) is 96.8 Å². The predicted octanol–water partition coefficient (Wildman–Crippen LogP) is 2.89.